The van der Waals surface area contributed by atoms with Gasteiger partial charge in [-0.3, -0.25) is 9.59 Å². The van der Waals surface area contributed by atoms with Crippen LogP contribution in [-0.4, -0.2) is 39.4 Å². The summed E-state index contributed by atoms with van der Waals surface area (Å²) in [6.07, 6.45) is 7.91. The number of carbonyl (C=O) groups excluding carboxylic acids is 2. The van der Waals surface area contributed by atoms with Crippen molar-refractivity contribution in [2.24, 2.45) is 13.0 Å². The number of imidazole rings is 1. The molecule has 3 aromatic rings. The number of fused-ring (bicyclic) bond motifs is 2. The van der Waals surface area contributed by atoms with Gasteiger partial charge in [0.05, 0.1) is 16.6 Å². The Morgan fingerprint density at radius 3 is 2.67 bits per heavy atom. The van der Waals surface area contributed by atoms with Crippen molar-refractivity contribution in [2.75, 3.05) is 18.5 Å². The van der Waals surface area contributed by atoms with Gasteiger partial charge < -0.3 is 19.5 Å². The van der Waals surface area contributed by atoms with Gasteiger partial charge in [0, 0.05) is 38.9 Å². The van der Waals surface area contributed by atoms with Crippen LogP contribution in [-0.2, 0) is 29.5 Å². The molecule has 1 aliphatic carbocycles. The molecule has 7 heteroatoms. The second-order valence-corrected chi connectivity index (χ2v) is 10.6. The van der Waals surface area contributed by atoms with Crippen molar-refractivity contribution in [3.05, 3.63) is 58.9 Å². The first-order chi connectivity index (χ1) is 17.6. The highest BCUT2D eigenvalue weighted by Gasteiger charge is 2.29. The third kappa shape index (κ3) is 4.41. The molecule has 2 fully saturated rings. The Hall–Kier alpha value is -3.19. The quantitative estimate of drug-likeness (QED) is 0.542. The molecule has 0 bridgehead atoms. The first-order valence-corrected chi connectivity index (χ1v) is 13.3. The van der Waals surface area contributed by atoms with Crippen LogP contribution in [0.5, 0.6) is 0 Å². The predicted octanol–water partition coefficient (Wildman–Crippen LogP) is 5.14. The molecule has 6 rings (SSSR count). The van der Waals surface area contributed by atoms with Crippen molar-refractivity contribution >= 4 is 28.5 Å². The van der Waals surface area contributed by atoms with E-state index in [0.29, 0.717) is 36.7 Å². The van der Waals surface area contributed by atoms with E-state index in [2.05, 4.69) is 23.5 Å². The second-order valence-electron chi connectivity index (χ2n) is 10.6. The smallest absolute Gasteiger partial charge is 0.256 e. The number of aromatic nitrogens is 2. The number of ether oxygens (including phenoxy) is 1. The first-order valence-electron chi connectivity index (χ1n) is 13.3. The third-order valence-electron chi connectivity index (χ3n) is 8.10. The van der Waals surface area contributed by atoms with Gasteiger partial charge in [-0.1, -0.05) is 37.1 Å². The molecule has 1 saturated heterocycles. The van der Waals surface area contributed by atoms with Crippen LogP contribution in [0.3, 0.4) is 0 Å². The van der Waals surface area contributed by atoms with Crippen molar-refractivity contribution in [1.29, 1.82) is 0 Å². The van der Waals surface area contributed by atoms with Gasteiger partial charge in [-0.15, -0.1) is 0 Å². The molecule has 1 aromatic heterocycles. The maximum absolute atomic E-state index is 14.0. The Balaban J connectivity index is 1.35. The topological polar surface area (TPSA) is 76.5 Å². The summed E-state index contributed by atoms with van der Waals surface area (Å²) in [4.78, 5) is 33.6. The number of nitrogens with zero attached hydrogens (tertiary/aromatic N) is 3. The SMILES string of the molecule is Cn1c([C@@H]2CCCO2)nc2cc(NC(=O)CC3CCCC3)cc(C(=O)N3CCc4ccccc4C3)c21. The fourth-order valence-electron chi connectivity index (χ4n) is 6.20. The number of hydrogen-bond acceptors (Lipinski definition) is 4. The second kappa shape index (κ2) is 9.69. The van der Waals surface area contributed by atoms with Crippen LogP contribution in [0, 0.1) is 5.92 Å². The monoisotopic (exact) mass is 486 g/mol. The molecule has 0 spiro atoms. The Bertz CT molecular complexity index is 1300. The summed E-state index contributed by atoms with van der Waals surface area (Å²) in [6.45, 7) is 1.99. The van der Waals surface area contributed by atoms with Crippen molar-refractivity contribution < 1.29 is 14.3 Å². The molecule has 3 heterocycles. The lowest BCUT2D eigenvalue weighted by Crippen LogP contribution is -2.36. The van der Waals surface area contributed by atoms with Gasteiger partial charge in [-0.05, 0) is 61.3 Å². The first kappa shape index (κ1) is 23.2. The number of aryl methyl sites for hydroxylation is 1. The molecule has 1 N–H and O–H groups in total. The van der Waals surface area contributed by atoms with Gasteiger partial charge in [0.2, 0.25) is 5.91 Å². The molecule has 1 saturated carbocycles. The van der Waals surface area contributed by atoms with E-state index >= 15 is 0 Å². The van der Waals surface area contributed by atoms with Crippen molar-refractivity contribution in [2.45, 2.75) is 64.0 Å². The molecule has 2 aromatic carbocycles. The van der Waals surface area contributed by atoms with Gasteiger partial charge in [-0.2, -0.15) is 0 Å². The summed E-state index contributed by atoms with van der Waals surface area (Å²) < 4.78 is 7.94. The van der Waals surface area contributed by atoms with Crippen LogP contribution in [0.15, 0.2) is 36.4 Å². The summed E-state index contributed by atoms with van der Waals surface area (Å²) in [6, 6.07) is 12.1. The summed E-state index contributed by atoms with van der Waals surface area (Å²) in [7, 11) is 1.97. The lowest BCUT2D eigenvalue weighted by Gasteiger charge is -2.29. The van der Waals surface area contributed by atoms with Crippen LogP contribution in [0.4, 0.5) is 5.69 Å². The van der Waals surface area contributed by atoms with Crippen molar-refractivity contribution in [3.63, 3.8) is 0 Å². The van der Waals surface area contributed by atoms with Crippen molar-refractivity contribution in [3.8, 4) is 0 Å². The normalized spacial score (nSPS) is 20.1. The number of hydrogen-bond donors (Lipinski definition) is 1. The third-order valence-corrected chi connectivity index (χ3v) is 8.10. The largest absolute Gasteiger partial charge is 0.370 e. The van der Waals surface area contributed by atoms with Gasteiger partial charge in [0.1, 0.15) is 11.9 Å². The van der Waals surface area contributed by atoms with Gasteiger partial charge in [-0.25, -0.2) is 4.98 Å². The van der Waals surface area contributed by atoms with E-state index < -0.39 is 0 Å². The Labute approximate surface area is 211 Å². The molecule has 0 unspecified atom stereocenters. The number of nitrogens with one attached hydrogen (secondary N) is 1. The molecular formula is C29H34N4O3. The average Bonchev–Trinajstić information content (AvgIpc) is 3.65. The van der Waals surface area contributed by atoms with Gasteiger partial charge in [0.15, 0.2) is 0 Å². The van der Waals surface area contributed by atoms with E-state index in [0.717, 1.165) is 55.6 Å². The van der Waals surface area contributed by atoms with Crippen LogP contribution < -0.4 is 5.32 Å². The van der Waals surface area contributed by atoms with E-state index in [-0.39, 0.29) is 17.9 Å². The number of amides is 2. The summed E-state index contributed by atoms with van der Waals surface area (Å²) >= 11 is 0. The zero-order valence-electron chi connectivity index (χ0n) is 21.0. The standard InChI is InChI=1S/C29H34N4O3/c1-32-27-23(29(35)33-13-12-20-9-4-5-10-21(20)18-33)16-22(30-26(34)15-19-7-2-3-8-19)17-24(27)31-28(32)25-11-6-14-36-25/h4-5,9-10,16-17,19,25H,2-3,6-8,11-15,18H2,1H3,(H,30,34)/t25-/m0/s1. The van der Waals surface area contributed by atoms with E-state index in [4.69, 9.17) is 9.72 Å². The number of carbonyl (C=O) groups is 2. The van der Waals surface area contributed by atoms with E-state index in [1.54, 1.807) is 0 Å². The van der Waals surface area contributed by atoms with Gasteiger partial charge in [0.25, 0.3) is 5.91 Å². The molecule has 1 atom stereocenters. The highest BCUT2D eigenvalue weighted by molar-refractivity contribution is 6.07. The average molecular weight is 487 g/mol. The van der Waals surface area contributed by atoms with Crippen LogP contribution in [0.25, 0.3) is 11.0 Å². The lowest BCUT2D eigenvalue weighted by atomic mass is 9.99. The Morgan fingerprint density at radius 1 is 1.08 bits per heavy atom. The maximum atomic E-state index is 14.0. The fourth-order valence-corrected chi connectivity index (χ4v) is 6.20. The fraction of sp³-hybridized carbons (Fsp3) is 0.483. The molecule has 36 heavy (non-hydrogen) atoms. The Morgan fingerprint density at radius 2 is 1.89 bits per heavy atom. The summed E-state index contributed by atoms with van der Waals surface area (Å²) in [5, 5.41) is 3.08. The minimum Gasteiger partial charge on any atom is -0.370 e. The van der Waals surface area contributed by atoms with Crippen LogP contribution in [0.1, 0.15) is 78.4 Å². The predicted molar refractivity (Wildman–Crippen MR) is 139 cm³/mol. The maximum Gasteiger partial charge on any atom is 0.256 e. The molecule has 2 amide bonds. The molecule has 7 nitrogen and oxygen atoms in total. The Kier molecular flexibility index (Phi) is 6.25. The molecule has 188 valence electrons. The zero-order chi connectivity index (χ0) is 24.6. The van der Waals surface area contributed by atoms with Crippen molar-refractivity contribution in [1.82, 2.24) is 14.5 Å². The van der Waals surface area contributed by atoms with Crippen LogP contribution >= 0.6 is 0 Å². The highest BCUT2D eigenvalue weighted by Crippen LogP contribution is 2.34. The van der Waals surface area contributed by atoms with E-state index in [9.17, 15) is 9.59 Å². The molecular weight excluding hydrogens is 452 g/mol. The number of anilines is 1. The number of benzene rings is 2. The minimum absolute atomic E-state index is 0.0156. The van der Waals surface area contributed by atoms with Gasteiger partial charge >= 0.3 is 0 Å². The minimum atomic E-state index is -0.0624. The van der Waals surface area contributed by atoms with E-state index in [1.165, 1.54) is 24.0 Å². The molecule has 0 radical (unpaired) electrons. The van der Waals surface area contributed by atoms with Crippen LogP contribution in [0.2, 0.25) is 0 Å². The van der Waals surface area contributed by atoms with E-state index in [1.807, 2.05) is 34.7 Å². The number of rotatable bonds is 5. The molecule has 3 aliphatic rings. The summed E-state index contributed by atoms with van der Waals surface area (Å²) in [5.74, 6) is 1.30. The highest BCUT2D eigenvalue weighted by atomic mass is 16.5. The zero-order valence-corrected chi connectivity index (χ0v) is 21.0. The lowest BCUT2D eigenvalue weighted by molar-refractivity contribution is -0.117. The molecule has 2 aliphatic heterocycles. The summed E-state index contributed by atoms with van der Waals surface area (Å²) in [5.41, 5.74) is 5.26.